The summed E-state index contributed by atoms with van der Waals surface area (Å²) >= 11 is 0. The van der Waals surface area contributed by atoms with Crippen LogP contribution in [0.3, 0.4) is 0 Å². The average molecular weight is 267 g/mol. The first-order chi connectivity index (χ1) is 9.77. The third-order valence-electron chi connectivity index (χ3n) is 4.62. The van der Waals surface area contributed by atoms with Crippen LogP contribution < -0.4 is 5.73 Å². The minimum Gasteiger partial charge on any atom is -0.392 e. The standard InChI is InChI=1S/C18H21NO/c19-13-18(8-3-9-18)17-7-2-6-16(11-17)15-5-1-4-14(10-15)12-20/h1-2,4-7,10-11,20H,3,8-9,12-13,19H2. The van der Waals surface area contributed by atoms with E-state index < -0.39 is 0 Å². The zero-order chi connectivity index (χ0) is 14.0. The van der Waals surface area contributed by atoms with Crippen LogP contribution in [0.1, 0.15) is 30.4 Å². The molecule has 2 aromatic carbocycles. The Labute approximate surface area is 120 Å². The van der Waals surface area contributed by atoms with Crippen LogP contribution in [0, 0.1) is 0 Å². The molecule has 20 heavy (non-hydrogen) atoms. The van der Waals surface area contributed by atoms with Crippen molar-refractivity contribution in [3.05, 3.63) is 59.7 Å². The van der Waals surface area contributed by atoms with Crippen molar-refractivity contribution in [3.63, 3.8) is 0 Å². The second-order valence-corrected chi connectivity index (χ2v) is 5.78. The minimum atomic E-state index is 0.0836. The third-order valence-corrected chi connectivity index (χ3v) is 4.62. The van der Waals surface area contributed by atoms with Crippen molar-refractivity contribution in [1.82, 2.24) is 0 Å². The van der Waals surface area contributed by atoms with E-state index in [1.54, 1.807) is 0 Å². The number of benzene rings is 2. The SMILES string of the molecule is NCC1(c2cccc(-c3cccc(CO)c3)c2)CCC1. The highest BCUT2D eigenvalue weighted by Gasteiger charge is 2.37. The number of nitrogens with two attached hydrogens (primary N) is 1. The van der Waals surface area contributed by atoms with Crippen molar-refractivity contribution in [3.8, 4) is 11.1 Å². The normalized spacial score (nSPS) is 16.7. The van der Waals surface area contributed by atoms with Gasteiger partial charge < -0.3 is 10.8 Å². The molecule has 0 atom stereocenters. The van der Waals surface area contributed by atoms with Gasteiger partial charge >= 0.3 is 0 Å². The maximum absolute atomic E-state index is 9.26. The molecule has 104 valence electrons. The molecule has 0 aromatic heterocycles. The van der Waals surface area contributed by atoms with Crippen LogP contribution in [0.2, 0.25) is 0 Å². The highest BCUT2D eigenvalue weighted by atomic mass is 16.3. The Kier molecular flexibility index (Phi) is 3.60. The average Bonchev–Trinajstić information content (AvgIpc) is 2.47. The first-order valence-corrected chi connectivity index (χ1v) is 7.28. The Morgan fingerprint density at radius 2 is 1.70 bits per heavy atom. The Bertz CT molecular complexity index is 596. The van der Waals surface area contributed by atoms with E-state index in [0.29, 0.717) is 0 Å². The lowest BCUT2D eigenvalue weighted by atomic mass is 9.64. The second kappa shape index (κ2) is 5.39. The lowest BCUT2D eigenvalue weighted by molar-refractivity contribution is 0.253. The van der Waals surface area contributed by atoms with Crippen LogP contribution in [0.25, 0.3) is 11.1 Å². The first kappa shape index (κ1) is 13.3. The molecule has 3 rings (SSSR count). The smallest absolute Gasteiger partial charge is 0.0682 e. The molecular formula is C18H21NO. The monoisotopic (exact) mass is 267 g/mol. The zero-order valence-electron chi connectivity index (χ0n) is 11.7. The summed E-state index contributed by atoms with van der Waals surface area (Å²) in [5, 5.41) is 9.26. The molecule has 1 fully saturated rings. The van der Waals surface area contributed by atoms with E-state index in [-0.39, 0.29) is 12.0 Å². The molecule has 0 saturated heterocycles. The van der Waals surface area contributed by atoms with Gasteiger partial charge in [0.15, 0.2) is 0 Å². The van der Waals surface area contributed by atoms with E-state index >= 15 is 0 Å². The predicted molar refractivity (Wildman–Crippen MR) is 82.4 cm³/mol. The van der Waals surface area contributed by atoms with Gasteiger partial charge in [-0.2, -0.15) is 0 Å². The Balaban J connectivity index is 1.98. The molecule has 3 N–H and O–H groups in total. The van der Waals surface area contributed by atoms with Gasteiger partial charge in [-0.25, -0.2) is 0 Å². The second-order valence-electron chi connectivity index (χ2n) is 5.78. The number of hydrogen-bond acceptors (Lipinski definition) is 2. The van der Waals surface area contributed by atoms with Crippen LogP contribution in [0.4, 0.5) is 0 Å². The largest absolute Gasteiger partial charge is 0.392 e. The van der Waals surface area contributed by atoms with Crippen molar-refractivity contribution in [2.45, 2.75) is 31.3 Å². The van der Waals surface area contributed by atoms with E-state index in [1.807, 2.05) is 12.1 Å². The van der Waals surface area contributed by atoms with Gasteiger partial charge in [0, 0.05) is 12.0 Å². The molecule has 1 aliphatic carbocycles. The Morgan fingerprint density at radius 1 is 1.00 bits per heavy atom. The van der Waals surface area contributed by atoms with Gasteiger partial charge in [-0.1, -0.05) is 48.9 Å². The van der Waals surface area contributed by atoms with Crippen LogP contribution >= 0.6 is 0 Å². The summed E-state index contributed by atoms with van der Waals surface area (Å²) in [6, 6.07) is 16.8. The molecule has 0 spiro atoms. The minimum absolute atomic E-state index is 0.0836. The molecule has 0 radical (unpaired) electrons. The summed E-state index contributed by atoms with van der Waals surface area (Å²) in [4.78, 5) is 0. The molecule has 2 nitrogen and oxygen atoms in total. The molecule has 1 saturated carbocycles. The molecule has 0 aliphatic heterocycles. The van der Waals surface area contributed by atoms with Gasteiger partial charge in [0.05, 0.1) is 6.61 Å². The molecule has 0 bridgehead atoms. The van der Waals surface area contributed by atoms with Gasteiger partial charge in [-0.3, -0.25) is 0 Å². The number of aliphatic hydroxyl groups is 1. The van der Waals surface area contributed by atoms with Gasteiger partial charge in [-0.15, -0.1) is 0 Å². The van der Waals surface area contributed by atoms with Crippen molar-refractivity contribution >= 4 is 0 Å². The quantitative estimate of drug-likeness (QED) is 0.893. The molecule has 0 amide bonds. The molecule has 2 heteroatoms. The molecule has 0 heterocycles. The Morgan fingerprint density at radius 3 is 2.30 bits per heavy atom. The van der Waals surface area contributed by atoms with Gasteiger partial charge in [0.2, 0.25) is 0 Å². The van der Waals surface area contributed by atoms with Crippen LogP contribution in [0.5, 0.6) is 0 Å². The topological polar surface area (TPSA) is 46.2 Å². The van der Waals surface area contributed by atoms with E-state index in [9.17, 15) is 5.11 Å². The fourth-order valence-corrected chi connectivity index (χ4v) is 3.09. The summed E-state index contributed by atoms with van der Waals surface area (Å²) in [6.45, 7) is 0.813. The van der Waals surface area contributed by atoms with Crippen LogP contribution in [-0.2, 0) is 12.0 Å². The van der Waals surface area contributed by atoms with E-state index in [2.05, 4.69) is 36.4 Å². The van der Waals surface area contributed by atoms with Gasteiger partial charge in [-0.05, 0) is 41.2 Å². The van der Waals surface area contributed by atoms with Crippen molar-refractivity contribution in [2.24, 2.45) is 5.73 Å². The van der Waals surface area contributed by atoms with E-state index in [4.69, 9.17) is 5.73 Å². The van der Waals surface area contributed by atoms with Crippen LogP contribution in [0.15, 0.2) is 48.5 Å². The van der Waals surface area contributed by atoms with Crippen LogP contribution in [-0.4, -0.2) is 11.7 Å². The maximum Gasteiger partial charge on any atom is 0.0682 e. The highest BCUT2D eigenvalue weighted by molar-refractivity contribution is 5.65. The maximum atomic E-state index is 9.26. The van der Waals surface area contributed by atoms with Crippen molar-refractivity contribution in [2.75, 3.05) is 6.54 Å². The fraction of sp³-hybridized carbons (Fsp3) is 0.333. The lowest BCUT2D eigenvalue weighted by Gasteiger charge is -2.41. The molecule has 1 aliphatic rings. The molecule has 0 unspecified atom stereocenters. The van der Waals surface area contributed by atoms with Gasteiger partial charge in [0.1, 0.15) is 0 Å². The summed E-state index contributed by atoms with van der Waals surface area (Å²) in [5.74, 6) is 0. The summed E-state index contributed by atoms with van der Waals surface area (Å²) < 4.78 is 0. The van der Waals surface area contributed by atoms with Crippen molar-refractivity contribution < 1.29 is 5.11 Å². The molecule has 2 aromatic rings. The lowest BCUT2D eigenvalue weighted by Crippen LogP contribution is -2.41. The van der Waals surface area contributed by atoms with Gasteiger partial charge in [0.25, 0.3) is 0 Å². The number of hydrogen-bond donors (Lipinski definition) is 2. The van der Waals surface area contributed by atoms with E-state index in [1.165, 1.54) is 30.4 Å². The summed E-state index contributed by atoms with van der Waals surface area (Å²) in [7, 11) is 0. The third kappa shape index (κ3) is 2.26. The number of aliphatic hydroxyl groups excluding tert-OH is 1. The molecular weight excluding hydrogens is 246 g/mol. The van der Waals surface area contributed by atoms with Crippen molar-refractivity contribution in [1.29, 1.82) is 0 Å². The fourth-order valence-electron chi connectivity index (χ4n) is 3.09. The summed E-state index contributed by atoms with van der Waals surface area (Å²) in [6.07, 6.45) is 3.68. The first-order valence-electron chi connectivity index (χ1n) is 7.28. The zero-order valence-corrected chi connectivity index (χ0v) is 11.7. The summed E-state index contributed by atoms with van der Waals surface area (Å²) in [5.41, 5.74) is 10.9. The predicted octanol–water partition coefficient (Wildman–Crippen LogP) is 3.23. The van der Waals surface area contributed by atoms with E-state index in [0.717, 1.165) is 17.7 Å². The highest BCUT2D eigenvalue weighted by Crippen LogP contribution is 2.43. The Hall–Kier alpha value is -1.64. The number of rotatable bonds is 4.